The molecule has 0 bridgehead atoms. The van der Waals surface area contributed by atoms with Crippen LogP contribution in [0.3, 0.4) is 0 Å². The molecule has 3 aromatic carbocycles. The molecular formula is C34H36N2O9. The minimum Gasteiger partial charge on any atom is -0.506 e. The third kappa shape index (κ3) is 9.07. The summed E-state index contributed by atoms with van der Waals surface area (Å²) in [4.78, 5) is 25.2. The average Bonchev–Trinajstić information content (AvgIpc) is 3.05. The molecule has 3 rings (SSSR count). The van der Waals surface area contributed by atoms with Gasteiger partial charge in [0.15, 0.2) is 23.0 Å². The van der Waals surface area contributed by atoms with Crippen LogP contribution in [-0.2, 0) is 9.59 Å². The quantitative estimate of drug-likeness (QED) is 0.116. The number of nitrogens with one attached hydrogen (secondary N) is 2. The number of carbonyl (C=O) groups excluding carboxylic acids is 2. The molecule has 0 spiro atoms. The van der Waals surface area contributed by atoms with Crippen molar-refractivity contribution in [3.63, 3.8) is 0 Å². The minimum absolute atomic E-state index is 0.0514. The van der Waals surface area contributed by atoms with Gasteiger partial charge in [-0.25, -0.2) is 0 Å². The van der Waals surface area contributed by atoms with Crippen molar-refractivity contribution in [3.8, 4) is 40.2 Å². The van der Waals surface area contributed by atoms with Crippen LogP contribution in [0.4, 0.5) is 11.4 Å². The van der Waals surface area contributed by atoms with Crippen LogP contribution in [0.1, 0.15) is 11.1 Å². The van der Waals surface area contributed by atoms with Crippen molar-refractivity contribution in [3.05, 3.63) is 90.0 Å². The van der Waals surface area contributed by atoms with E-state index in [9.17, 15) is 14.7 Å². The molecule has 0 aliphatic rings. The summed E-state index contributed by atoms with van der Waals surface area (Å²) in [6, 6.07) is 11.6. The lowest BCUT2D eigenvalue weighted by atomic mass is 10.1. The number of hydrogen-bond donors (Lipinski definition) is 3. The van der Waals surface area contributed by atoms with Crippen molar-refractivity contribution in [2.45, 2.75) is 0 Å². The highest BCUT2D eigenvalue weighted by Gasteiger charge is 2.14. The number of anilines is 2. The topological polar surface area (TPSA) is 134 Å². The number of rotatable bonds is 14. The molecule has 3 aromatic rings. The first kappa shape index (κ1) is 33.7. The Bertz CT molecular complexity index is 1570. The van der Waals surface area contributed by atoms with Crippen LogP contribution < -0.4 is 39.1 Å². The molecule has 0 saturated carbocycles. The Labute approximate surface area is 262 Å². The number of phenols is 1. The molecule has 236 valence electrons. The summed E-state index contributed by atoms with van der Waals surface area (Å²) in [6.45, 7) is 0. The Morgan fingerprint density at radius 3 is 1.42 bits per heavy atom. The number of methoxy groups -OCH3 is 6. The number of ether oxygens (including phenoxy) is 6. The fraction of sp³-hybridized carbons (Fsp3) is 0.176. The van der Waals surface area contributed by atoms with Gasteiger partial charge in [-0.1, -0.05) is 42.5 Å². The van der Waals surface area contributed by atoms with E-state index in [1.165, 1.54) is 67.0 Å². The molecule has 0 aliphatic heterocycles. The second-order valence-electron chi connectivity index (χ2n) is 9.03. The minimum atomic E-state index is -0.523. The molecule has 0 radical (unpaired) electrons. The van der Waals surface area contributed by atoms with Gasteiger partial charge in [-0.3, -0.25) is 9.59 Å². The number of benzene rings is 3. The van der Waals surface area contributed by atoms with E-state index in [1.807, 2.05) is 0 Å². The normalized spacial score (nSPS) is 11.2. The van der Waals surface area contributed by atoms with Gasteiger partial charge >= 0.3 is 0 Å². The Kier molecular flexibility index (Phi) is 12.5. The van der Waals surface area contributed by atoms with E-state index >= 15 is 0 Å². The van der Waals surface area contributed by atoms with Gasteiger partial charge in [0.25, 0.3) is 0 Å². The molecule has 2 amide bonds. The highest BCUT2D eigenvalue weighted by Crippen LogP contribution is 2.39. The molecule has 0 fully saturated rings. The summed E-state index contributed by atoms with van der Waals surface area (Å²) in [5.41, 5.74) is 1.79. The SMILES string of the molecule is COc1cc(/C=C/C=C/C(=O)Nc2cccc(O)c2NC(=O)/C=C/C=C/c2cc(OC)c(OC)c(OC)c2)cc(OC)c1OC. The molecule has 11 heteroatoms. The van der Waals surface area contributed by atoms with Crippen molar-refractivity contribution in [2.24, 2.45) is 0 Å². The molecule has 45 heavy (non-hydrogen) atoms. The first-order valence-electron chi connectivity index (χ1n) is 13.5. The van der Waals surface area contributed by atoms with Crippen LogP contribution in [0.15, 0.2) is 78.9 Å². The summed E-state index contributed by atoms with van der Waals surface area (Å²) in [5.74, 6) is 1.73. The van der Waals surface area contributed by atoms with E-state index in [1.54, 1.807) is 66.8 Å². The lowest BCUT2D eigenvalue weighted by molar-refractivity contribution is -0.112. The first-order chi connectivity index (χ1) is 21.8. The number of aromatic hydroxyl groups is 1. The number of hydrogen-bond acceptors (Lipinski definition) is 9. The van der Waals surface area contributed by atoms with Gasteiger partial charge in [-0.05, 0) is 47.5 Å². The van der Waals surface area contributed by atoms with Crippen molar-refractivity contribution < 1.29 is 43.1 Å². The molecule has 0 aromatic heterocycles. The van der Waals surface area contributed by atoms with E-state index < -0.39 is 11.8 Å². The fourth-order valence-corrected chi connectivity index (χ4v) is 4.13. The number of amides is 2. The van der Waals surface area contributed by atoms with E-state index in [-0.39, 0.29) is 17.1 Å². The second-order valence-corrected chi connectivity index (χ2v) is 9.03. The molecule has 0 saturated heterocycles. The van der Waals surface area contributed by atoms with E-state index in [2.05, 4.69) is 10.6 Å². The molecule has 0 aliphatic carbocycles. The fourth-order valence-electron chi connectivity index (χ4n) is 4.13. The Morgan fingerprint density at radius 1 is 0.600 bits per heavy atom. The summed E-state index contributed by atoms with van der Waals surface area (Å²) < 4.78 is 32.1. The van der Waals surface area contributed by atoms with E-state index in [0.29, 0.717) is 34.5 Å². The van der Waals surface area contributed by atoms with Crippen LogP contribution in [0.25, 0.3) is 12.2 Å². The van der Waals surface area contributed by atoms with Crippen LogP contribution in [0.2, 0.25) is 0 Å². The van der Waals surface area contributed by atoms with Gasteiger partial charge in [0, 0.05) is 12.2 Å². The highest BCUT2D eigenvalue weighted by atomic mass is 16.5. The zero-order chi connectivity index (χ0) is 32.8. The summed E-state index contributed by atoms with van der Waals surface area (Å²) in [6.07, 6.45) is 12.5. The van der Waals surface area contributed by atoms with Crippen molar-refractivity contribution >= 4 is 35.3 Å². The summed E-state index contributed by atoms with van der Waals surface area (Å²) >= 11 is 0. The van der Waals surface area contributed by atoms with Crippen LogP contribution in [0.5, 0.6) is 40.2 Å². The molecule has 0 unspecified atom stereocenters. The smallest absolute Gasteiger partial charge is 0.248 e. The maximum absolute atomic E-state index is 12.6. The van der Waals surface area contributed by atoms with Crippen molar-refractivity contribution in [2.75, 3.05) is 53.3 Å². The molecular weight excluding hydrogens is 580 g/mol. The van der Waals surface area contributed by atoms with Crippen LogP contribution >= 0.6 is 0 Å². The number of para-hydroxylation sites is 1. The number of phenolic OH excluding ortho intramolecular Hbond substituents is 1. The Morgan fingerprint density at radius 2 is 1.02 bits per heavy atom. The maximum atomic E-state index is 12.6. The third-order valence-corrected chi connectivity index (χ3v) is 6.22. The average molecular weight is 617 g/mol. The van der Waals surface area contributed by atoms with E-state index in [0.717, 1.165) is 11.1 Å². The number of allylic oxidation sites excluding steroid dienone is 4. The van der Waals surface area contributed by atoms with Gasteiger partial charge in [-0.2, -0.15) is 0 Å². The lowest BCUT2D eigenvalue weighted by Crippen LogP contribution is -2.13. The third-order valence-electron chi connectivity index (χ3n) is 6.22. The molecule has 0 heterocycles. The summed E-state index contributed by atoms with van der Waals surface area (Å²) in [7, 11) is 9.15. The standard InChI is InChI=1S/C34H36N2O9/c1-40-26-18-22(19-27(41-2)33(26)44-5)12-7-9-16-30(38)35-24-14-11-15-25(37)32(24)36-31(39)17-10-8-13-23-20-28(42-3)34(45-6)29(21-23)43-4/h7-21,37H,1-6H3,(H,35,38)(H,36,39)/b12-7+,13-8+,16-9+,17-10+. The van der Waals surface area contributed by atoms with Gasteiger partial charge in [0.05, 0.1) is 48.3 Å². The number of carbonyl (C=O) groups is 2. The zero-order valence-corrected chi connectivity index (χ0v) is 25.9. The van der Waals surface area contributed by atoms with Gasteiger partial charge in [0.2, 0.25) is 23.3 Å². The Hall–Kier alpha value is -5.84. The monoisotopic (exact) mass is 616 g/mol. The predicted octanol–water partition coefficient (Wildman–Crippen LogP) is 5.86. The largest absolute Gasteiger partial charge is 0.506 e. The Balaban J connectivity index is 1.65. The maximum Gasteiger partial charge on any atom is 0.248 e. The second kappa shape index (κ2) is 16.7. The lowest BCUT2D eigenvalue weighted by Gasteiger charge is -2.12. The van der Waals surface area contributed by atoms with Gasteiger partial charge in [-0.15, -0.1) is 0 Å². The molecule has 3 N–H and O–H groups in total. The van der Waals surface area contributed by atoms with Gasteiger partial charge < -0.3 is 44.2 Å². The molecule has 11 nitrogen and oxygen atoms in total. The van der Waals surface area contributed by atoms with Crippen LogP contribution in [-0.4, -0.2) is 59.6 Å². The predicted molar refractivity (Wildman–Crippen MR) is 174 cm³/mol. The highest BCUT2D eigenvalue weighted by molar-refractivity contribution is 6.07. The first-order valence-corrected chi connectivity index (χ1v) is 13.5. The van der Waals surface area contributed by atoms with E-state index in [4.69, 9.17) is 28.4 Å². The van der Waals surface area contributed by atoms with Crippen LogP contribution in [0, 0.1) is 0 Å². The van der Waals surface area contributed by atoms with Gasteiger partial charge in [0.1, 0.15) is 11.4 Å². The van der Waals surface area contributed by atoms with Crippen molar-refractivity contribution in [1.29, 1.82) is 0 Å². The zero-order valence-electron chi connectivity index (χ0n) is 25.9. The van der Waals surface area contributed by atoms with Crippen molar-refractivity contribution in [1.82, 2.24) is 0 Å². The summed E-state index contributed by atoms with van der Waals surface area (Å²) in [5, 5.41) is 15.6. The molecule has 0 atom stereocenters.